The van der Waals surface area contributed by atoms with Crippen LogP contribution in [0.3, 0.4) is 0 Å². The van der Waals surface area contributed by atoms with Crippen molar-refractivity contribution in [3.05, 3.63) is 59.8 Å². The van der Waals surface area contributed by atoms with Gasteiger partial charge in [-0.05, 0) is 49.6 Å². The van der Waals surface area contributed by atoms with E-state index in [4.69, 9.17) is 0 Å². The van der Waals surface area contributed by atoms with Gasteiger partial charge in [0.1, 0.15) is 5.69 Å². The number of benzene rings is 1. The molecular weight excluding hydrogens is 369 g/mol. The predicted octanol–water partition coefficient (Wildman–Crippen LogP) is 4.69. The van der Waals surface area contributed by atoms with Gasteiger partial charge >= 0.3 is 0 Å². The number of Topliss-reactive ketones (excluding diaryl/α,β-unsaturated/α-hetero) is 1. The summed E-state index contributed by atoms with van der Waals surface area (Å²) >= 11 is 0. The lowest BCUT2D eigenvalue weighted by Gasteiger charge is -2.25. The molecule has 2 heterocycles. The van der Waals surface area contributed by atoms with Crippen LogP contribution in [0.5, 0.6) is 0 Å². The van der Waals surface area contributed by atoms with Crippen LogP contribution in [0.4, 0.5) is 13.2 Å². The Bertz CT molecular complexity index is 1040. The maximum absolute atomic E-state index is 13.7. The SMILES string of the molecule is CC(CC(=O)c1ccc2cncc(-c3cc(F)c(F)c(F)c3)c2n1)C(C)(C)O. The molecule has 4 nitrogen and oxygen atoms in total. The highest BCUT2D eigenvalue weighted by Gasteiger charge is 2.26. The van der Waals surface area contributed by atoms with Gasteiger partial charge in [-0.3, -0.25) is 9.78 Å². The fraction of sp³-hybridized carbons (Fsp3) is 0.286. The third-order valence-corrected chi connectivity index (χ3v) is 4.88. The van der Waals surface area contributed by atoms with Crippen molar-refractivity contribution in [2.75, 3.05) is 0 Å². The largest absolute Gasteiger partial charge is 0.390 e. The van der Waals surface area contributed by atoms with Crippen LogP contribution < -0.4 is 0 Å². The molecule has 28 heavy (non-hydrogen) atoms. The highest BCUT2D eigenvalue weighted by atomic mass is 19.2. The van der Waals surface area contributed by atoms with Crippen molar-refractivity contribution in [2.24, 2.45) is 5.92 Å². The Morgan fingerprint density at radius 1 is 1.14 bits per heavy atom. The van der Waals surface area contributed by atoms with E-state index in [0.717, 1.165) is 12.1 Å². The van der Waals surface area contributed by atoms with Gasteiger partial charge in [-0.25, -0.2) is 18.2 Å². The lowest BCUT2D eigenvalue weighted by molar-refractivity contribution is 0.0213. The molecule has 0 amide bonds. The number of aliphatic hydroxyl groups is 1. The molecule has 1 N–H and O–H groups in total. The average molecular weight is 388 g/mol. The highest BCUT2D eigenvalue weighted by molar-refractivity contribution is 5.99. The third-order valence-electron chi connectivity index (χ3n) is 4.88. The summed E-state index contributed by atoms with van der Waals surface area (Å²) in [6.07, 6.45) is 2.95. The minimum atomic E-state index is -1.55. The van der Waals surface area contributed by atoms with Gasteiger partial charge in [-0.15, -0.1) is 0 Å². The predicted molar refractivity (Wildman–Crippen MR) is 99.3 cm³/mol. The van der Waals surface area contributed by atoms with Crippen molar-refractivity contribution in [3.63, 3.8) is 0 Å². The molecule has 1 unspecified atom stereocenters. The average Bonchev–Trinajstić information content (AvgIpc) is 2.63. The summed E-state index contributed by atoms with van der Waals surface area (Å²) in [5.74, 6) is -4.76. The summed E-state index contributed by atoms with van der Waals surface area (Å²) in [7, 11) is 0. The first-order valence-corrected chi connectivity index (χ1v) is 8.73. The maximum atomic E-state index is 13.7. The van der Waals surface area contributed by atoms with Crippen molar-refractivity contribution in [1.82, 2.24) is 9.97 Å². The molecule has 0 aliphatic rings. The summed E-state index contributed by atoms with van der Waals surface area (Å²) in [6.45, 7) is 5.01. The molecule has 0 fully saturated rings. The summed E-state index contributed by atoms with van der Waals surface area (Å²) < 4.78 is 40.6. The zero-order chi connectivity index (χ0) is 20.6. The van der Waals surface area contributed by atoms with E-state index in [-0.39, 0.29) is 34.9 Å². The molecule has 146 valence electrons. The van der Waals surface area contributed by atoms with Crippen LogP contribution in [0.25, 0.3) is 22.0 Å². The Balaban J connectivity index is 2.07. The minimum Gasteiger partial charge on any atom is -0.390 e. The summed E-state index contributed by atoms with van der Waals surface area (Å²) in [6, 6.07) is 4.90. The fourth-order valence-corrected chi connectivity index (χ4v) is 2.75. The molecule has 7 heteroatoms. The van der Waals surface area contributed by atoms with Gasteiger partial charge in [0.15, 0.2) is 23.2 Å². The Labute approximate surface area is 160 Å². The van der Waals surface area contributed by atoms with Gasteiger partial charge < -0.3 is 5.11 Å². The van der Waals surface area contributed by atoms with Crippen molar-refractivity contribution >= 4 is 16.7 Å². The molecule has 0 saturated heterocycles. The lowest BCUT2D eigenvalue weighted by atomic mass is 9.88. The number of carbonyl (C=O) groups excluding carboxylic acids is 1. The molecule has 0 aliphatic heterocycles. The van der Waals surface area contributed by atoms with E-state index in [9.17, 15) is 23.1 Å². The number of pyridine rings is 2. The molecule has 0 spiro atoms. The monoisotopic (exact) mass is 388 g/mol. The van der Waals surface area contributed by atoms with Crippen LogP contribution in [0.15, 0.2) is 36.7 Å². The topological polar surface area (TPSA) is 63.1 Å². The van der Waals surface area contributed by atoms with Gasteiger partial charge in [0, 0.05) is 29.8 Å². The first-order valence-electron chi connectivity index (χ1n) is 8.73. The first kappa shape index (κ1) is 19.9. The van der Waals surface area contributed by atoms with Crippen LogP contribution in [-0.4, -0.2) is 26.5 Å². The summed E-state index contributed by atoms with van der Waals surface area (Å²) in [5.41, 5.74) is -0.191. The maximum Gasteiger partial charge on any atom is 0.194 e. The summed E-state index contributed by atoms with van der Waals surface area (Å²) in [5, 5.41) is 10.6. The molecule has 0 radical (unpaired) electrons. The van der Waals surface area contributed by atoms with Crippen LogP contribution in [0.1, 0.15) is 37.7 Å². The van der Waals surface area contributed by atoms with Gasteiger partial charge in [0.2, 0.25) is 0 Å². The third kappa shape index (κ3) is 3.89. The Morgan fingerprint density at radius 3 is 2.39 bits per heavy atom. The zero-order valence-corrected chi connectivity index (χ0v) is 15.6. The molecule has 0 aliphatic carbocycles. The van der Waals surface area contributed by atoms with Crippen LogP contribution in [0.2, 0.25) is 0 Å². The first-order chi connectivity index (χ1) is 13.1. The molecule has 2 aromatic heterocycles. The van der Waals surface area contributed by atoms with E-state index in [1.54, 1.807) is 32.9 Å². The van der Waals surface area contributed by atoms with E-state index in [1.807, 2.05) is 0 Å². The number of ketones is 1. The van der Waals surface area contributed by atoms with E-state index >= 15 is 0 Å². The van der Waals surface area contributed by atoms with Crippen molar-refractivity contribution in [1.29, 1.82) is 0 Å². The smallest absolute Gasteiger partial charge is 0.194 e. The number of fused-ring (bicyclic) bond motifs is 1. The Morgan fingerprint density at radius 2 is 1.79 bits per heavy atom. The molecule has 0 bridgehead atoms. The summed E-state index contributed by atoms with van der Waals surface area (Å²) in [4.78, 5) is 21.0. The lowest BCUT2D eigenvalue weighted by Crippen LogP contribution is -2.30. The van der Waals surface area contributed by atoms with E-state index in [2.05, 4.69) is 9.97 Å². The zero-order valence-electron chi connectivity index (χ0n) is 15.6. The molecule has 3 rings (SSSR count). The van der Waals surface area contributed by atoms with Gasteiger partial charge in [-0.1, -0.05) is 6.92 Å². The van der Waals surface area contributed by atoms with Gasteiger partial charge in [0.25, 0.3) is 0 Å². The Kier molecular flexibility index (Phi) is 5.21. The second kappa shape index (κ2) is 7.31. The molecule has 1 aromatic carbocycles. The van der Waals surface area contributed by atoms with Crippen molar-refractivity contribution in [2.45, 2.75) is 32.8 Å². The van der Waals surface area contributed by atoms with E-state index in [0.29, 0.717) is 10.9 Å². The second-order valence-electron chi connectivity index (χ2n) is 7.39. The highest BCUT2D eigenvalue weighted by Crippen LogP contribution is 2.29. The number of aromatic nitrogens is 2. The van der Waals surface area contributed by atoms with E-state index < -0.39 is 23.1 Å². The van der Waals surface area contributed by atoms with Crippen LogP contribution in [0, 0.1) is 23.4 Å². The molecular formula is C21H19F3N2O2. The second-order valence-corrected chi connectivity index (χ2v) is 7.39. The number of hydrogen-bond donors (Lipinski definition) is 1. The minimum absolute atomic E-state index is 0.0662. The number of halogens is 3. The number of hydrogen-bond acceptors (Lipinski definition) is 4. The van der Waals surface area contributed by atoms with Gasteiger partial charge in [0.05, 0.1) is 11.1 Å². The van der Waals surface area contributed by atoms with Crippen molar-refractivity contribution < 1.29 is 23.1 Å². The number of rotatable bonds is 5. The molecule has 1 atom stereocenters. The van der Waals surface area contributed by atoms with E-state index in [1.165, 1.54) is 12.4 Å². The Hall–Kier alpha value is -2.80. The fourth-order valence-electron chi connectivity index (χ4n) is 2.75. The molecule has 0 saturated carbocycles. The standard InChI is InChI=1S/C21H19F3N2O2/c1-11(21(2,3)28)6-18(27)17-5-4-12-9-25-10-14(20(12)26-17)13-7-15(22)19(24)16(23)8-13/h4-5,7-11,28H,6H2,1-3H3. The van der Waals surface area contributed by atoms with Crippen LogP contribution >= 0.6 is 0 Å². The van der Waals surface area contributed by atoms with Crippen molar-refractivity contribution in [3.8, 4) is 11.1 Å². The van der Waals surface area contributed by atoms with Gasteiger partial charge in [-0.2, -0.15) is 0 Å². The number of nitrogens with zero attached hydrogens (tertiary/aromatic N) is 2. The molecule has 3 aromatic rings. The van der Waals surface area contributed by atoms with Crippen LogP contribution in [-0.2, 0) is 0 Å². The quantitative estimate of drug-likeness (QED) is 0.509. The number of carbonyl (C=O) groups is 1. The normalized spacial score (nSPS) is 13.0.